The summed E-state index contributed by atoms with van der Waals surface area (Å²) in [5.41, 5.74) is 3.34. The van der Waals surface area contributed by atoms with Crippen LogP contribution in [-0.2, 0) is 0 Å². The van der Waals surface area contributed by atoms with Gasteiger partial charge in [0.15, 0.2) is 0 Å². The summed E-state index contributed by atoms with van der Waals surface area (Å²) in [5.74, 6) is 0. The van der Waals surface area contributed by atoms with Crippen molar-refractivity contribution in [3.8, 4) is 0 Å². The Bertz CT molecular complexity index is 349. The standard InChI is InChI=1S/C10H9ClSi/c1-7-3-4-9(5-6-12)10(11)8(7)2/h3-5H,1-2H3. The second-order valence-electron chi connectivity index (χ2n) is 2.70. The Morgan fingerprint density at radius 1 is 1.42 bits per heavy atom. The zero-order chi connectivity index (χ0) is 9.14. The van der Waals surface area contributed by atoms with Gasteiger partial charge in [-0.1, -0.05) is 23.7 Å². The minimum Gasteiger partial charge on any atom is -0.154 e. The largest absolute Gasteiger partial charge is 0.154 e. The van der Waals surface area contributed by atoms with Gasteiger partial charge in [-0.25, -0.2) is 0 Å². The maximum absolute atomic E-state index is 6.08. The number of aryl methyl sites for hydroxylation is 1. The summed E-state index contributed by atoms with van der Waals surface area (Å²) < 4.78 is 0. The van der Waals surface area contributed by atoms with Crippen molar-refractivity contribution < 1.29 is 0 Å². The van der Waals surface area contributed by atoms with Crippen LogP contribution in [0, 0.1) is 13.8 Å². The molecule has 0 atom stereocenters. The first-order valence-corrected chi connectivity index (χ1v) is 4.55. The molecule has 0 unspecified atom stereocenters. The molecule has 1 aromatic rings. The van der Waals surface area contributed by atoms with E-state index in [1.54, 1.807) is 0 Å². The quantitative estimate of drug-likeness (QED) is 0.600. The van der Waals surface area contributed by atoms with Crippen LogP contribution < -0.4 is 0 Å². The summed E-state index contributed by atoms with van der Waals surface area (Å²) in [4.78, 5) is 0. The highest BCUT2D eigenvalue weighted by Gasteiger charge is 2.01. The molecular weight excluding hydrogens is 184 g/mol. The summed E-state index contributed by atoms with van der Waals surface area (Å²) in [6.45, 7) is 4.06. The highest BCUT2D eigenvalue weighted by Crippen LogP contribution is 2.23. The van der Waals surface area contributed by atoms with Crippen molar-refractivity contribution in [2.45, 2.75) is 13.8 Å². The number of hydrogen-bond donors (Lipinski definition) is 0. The van der Waals surface area contributed by atoms with Crippen molar-refractivity contribution in [1.29, 1.82) is 0 Å². The van der Waals surface area contributed by atoms with E-state index in [9.17, 15) is 0 Å². The number of rotatable bonds is 1. The Kier molecular flexibility index (Phi) is 3.04. The molecule has 1 aromatic carbocycles. The van der Waals surface area contributed by atoms with Crippen LogP contribution in [0.15, 0.2) is 12.1 Å². The summed E-state index contributed by atoms with van der Waals surface area (Å²) >= 11 is 6.08. The second kappa shape index (κ2) is 3.86. The zero-order valence-electron chi connectivity index (χ0n) is 7.11. The SMILES string of the molecule is Cc1ccc(C=C=[Si])c(Cl)c1C. The lowest BCUT2D eigenvalue weighted by Crippen LogP contribution is -1.85. The highest BCUT2D eigenvalue weighted by molar-refractivity contribution is 6.34. The predicted octanol–water partition coefficient (Wildman–Crippen LogP) is 2.54. The maximum Gasteiger partial charge on any atom is 0.103 e. The minimum absolute atomic E-state index is 0.806. The molecule has 1 rings (SSSR count). The van der Waals surface area contributed by atoms with Gasteiger partial charge in [0.1, 0.15) is 9.85 Å². The van der Waals surface area contributed by atoms with Gasteiger partial charge in [0.05, 0.1) is 5.02 Å². The molecule has 60 valence electrons. The van der Waals surface area contributed by atoms with E-state index >= 15 is 0 Å². The van der Waals surface area contributed by atoms with Crippen LogP contribution in [0.3, 0.4) is 0 Å². The Balaban J connectivity index is 3.35. The fourth-order valence-electron chi connectivity index (χ4n) is 0.992. The van der Waals surface area contributed by atoms with Crippen molar-refractivity contribution in [3.05, 3.63) is 33.8 Å². The van der Waals surface area contributed by atoms with Crippen LogP contribution >= 0.6 is 11.6 Å². The molecule has 0 N–H and O–H groups in total. The minimum atomic E-state index is 0.806. The molecule has 0 fully saturated rings. The molecule has 0 bridgehead atoms. The van der Waals surface area contributed by atoms with Crippen LogP contribution in [0.25, 0.3) is 6.08 Å². The third-order valence-corrected chi connectivity index (χ3v) is 2.56. The van der Waals surface area contributed by atoms with Crippen molar-refractivity contribution >= 4 is 32.9 Å². The van der Waals surface area contributed by atoms with Gasteiger partial charge in [-0.3, -0.25) is 0 Å². The van der Waals surface area contributed by atoms with E-state index in [0.29, 0.717) is 0 Å². The average Bonchev–Trinajstić information content (AvgIpc) is 2.07. The first-order chi connectivity index (χ1) is 5.66. The lowest BCUT2D eigenvalue weighted by atomic mass is 10.1. The van der Waals surface area contributed by atoms with E-state index in [4.69, 9.17) is 11.6 Å². The fourth-order valence-corrected chi connectivity index (χ4v) is 1.41. The van der Waals surface area contributed by atoms with E-state index in [1.807, 2.05) is 26.0 Å². The molecule has 0 nitrogen and oxygen atoms in total. The smallest absolute Gasteiger partial charge is 0.103 e. The van der Waals surface area contributed by atoms with E-state index < -0.39 is 0 Å². The van der Waals surface area contributed by atoms with Gasteiger partial charge >= 0.3 is 0 Å². The first kappa shape index (κ1) is 9.46. The van der Waals surface area contributed by atoms with Gasteiger partial charge < -0.3 is 0 Å². The molecule has 12 heavy (non-hydrogen) atoms. The van der Waals surface area contributed by atoms with Crippen molar-refractivity contribution in [3.63, 3.8) is 0 Å². The van der Waals surface area contributed by atoms with E-state index in [0.717, 1.165) is 16.1 Å². The molecule has 0 amide bonds. The molecule has 0 aliphatic heterocycles. The van der Waals surface area contributed by atoms with Crippen LogP contribution in [0.1, 0.15) is 16.7 Å². The third kappa shape index (κ3) is 1.75. The van der Waals surface area contributed by atoms with E-state index in [1.165, 1.54) is 5.56 Å². The topological polar surface area (TPSA) is 0 Å². The van der Waals surface area contributed by atoms with Gasteiger partial charge in [0, 0.05) is 5.56 Å². The Hall–Kier alpha value is -0.623. The van der Waals surface area contributed by atoms with E-state index in [2.05, 4.69) is 21.2 Å². The number of hydrogen-bond acceptors (Lipinski definition) is 0. The molecule has 0 saturated heterocycles. The molecule has 2 heteroatoms. The second-order valence-corrected chi connectivity index (χ2v) is 3.37. The van der Waals surface area contributed by atoms with Crippen molar-refractivity contribution in [2.24, 2.45) is 0 Å². The van der Waals surface area contributed by atoms with E-state index in [-0.39, 0.29) is 0 Å². The maximum atomic E-state index is 6.08. The van der Waals surface area contributed by atoms with Crippen LogP contribution in [0.2, 0.25) is 5.02 Å². The average molecular weight is 193 g/mol. The van der Waals surface area contributed by atoms with Crippen LogP contribution in [-0.4, -0.2) is 15.2 Å². The monoisotopic (exact) mass is 192 g/mol. The molecule has 0 aromatic heterocycles. The molecule has 2 radical (unpaired) electrons. The third-order valence-electron chi connectivity index (χ3n) is 1.91. The van der Waals surface area contributed by atoms with Crippen LogP contribution in [0.5, 0.6) is 0 Å². The lowest BCUT2D eigenvalue weighted by Gasteiger charge is -2.04. The normalized spacial score (nSPS) is 9.25. The van der Waals surface area contributed by atoms with Gasteiger partial charge in [-0.2, -0.15) is 5.33 Å². The Labute approximate surface area is 80.9 Å². The predicted molar refractivity (Wildman–Crippen MR) is 56.2 cm³/mol. The fraction of sp³-hybridized carbons (Fsp3) is 0.200. The summed E-state index contributed by atoms with van der Waals surface area (Å²) in [6, 6.07) is 4.04. The molecule has 0 heterocycles. The Morgan fingerprint density at radius 2 is 2.08 bits per heavy atom. The van der Waals surface area contributed by atoms with Gasteiger partial charge in [-0.15, -0.1) is 0 Å². The molecule has 0 saturated carbocycles. The summed E-state index contributed by atoms with van der Waals surface area (Å²) in [5, 5.41) is 3.57. The first-order valence-electron chi connectivity index (χ1n) is 3.68. The highest BCUT2D eigenvalue weighted by atomic mass is 35.5. The van der Waals surface area contributed by atoms with Crippen molar-refractivity contribution in [2.75, 3.05) is 0 Å². The molecule has 0 spiro atoms. The number of halogens is 1. The summed E-state index contributed by atoms with van der Waals surface area (Å²) in [6.07, 6.45) is 1.81. The Morgan fingerprint density at radius 3 is 2.67 bits per heavy atom. The zero-order valence-corrected chi connectivity index (χ0v) is 8.87. The summed E-state index contributed by atoms with van der Waals surface area (Å²) in [7, 11) is 3.14. The molecule has 0 aliphatic rings. The van der Waals surface area contributed by atoms with Gasteiger partial charge in [-0.05, 0) is 31.1 Å². The molecular formula is C10H9ClSi. The van der Waals surface area contributed by atoms with Crippen LogP contribution in [0.4, 0.5) is 0 Å². The van der Waals surface area contributed by atoms with Gasteiger partial charge in [0.2, 0.25) is 0 Å². The van der Waals surface area contributed by atoms with Gasteiger partial charge in [0.25, 0.3) is 0 Å². The number of benzene rings is 1. The molecule has 0 aliphatic carbocycles. The lowest BCUT2D eigenvalue weighted by molar-refractivity contribution is 1.33. The van der Waals surface area contributed by atoms with Crippen molar-refractivity contribution in [1.82, 2.24) is 0 Å².